The first kappa shape index (κ1) is 16.5. The van der Waals surface area contributed by atoms with Gasteiger partial charge in [-0.25, -0.2) is 4.98 Å². The molecule has 0 spiro atoms. The summed E-state index contributed by atoms with van der Waals surface area (Å²) in [5.74, 6) is 1.38. The van der Waals surface area contributed by atoms with Gasteiger partial charge >= 0.3 is 0 Å². The van der Waals surface area contributed by atoms with Gasteiger partial charge in [0.2, 0.25) is 5.91 Å². The van der Waals surface area contributed by atoms with Crippen molar-refractivity contribution in [1.82, 2.24) is 4.98 Å². The molecule has 7 nitrogen and oxygen atoms in total. The quantitative estimate of drug-likeness (QED) is 0.516. The number of aromatic nitrogens is 1. The highest BCUT2D eigenvalue weighted by Crippen LogP contribution is 2.32. The topological polar surface area (TPSA) is 89.5 Å². The summed E-state index contributed by atoms with van der Waals surface area (Å²) >= 11 is 1.43. The highest BCUT2D eigenvalue weighted by atomic mass is 32.1. The molecule has 26 heavy (non-hydrogen) atoms. The average Bonchev–Trinajstić information content (AvgIpc) is 3.33. The van der Waals surface area contributed by atoms with Crippen LogP contribution in [0.3, 0.4) is 0 Å². The first-order chi connectivity index (χ1) is 12.5. The Morgan fingerprint density at radius 3 is 2.96 bits per heavy atom. The maximum Gasteiger partial charge on any atom is 0.271 e. The molecule has 0 unspecified atom stereocenters. The van der Waals surface area contributed by atoms with E-state index in [9.17, 15) is 14.9 Å². The summed E-state index contributed by atoms with van der Waals surface area (Å²) in [4.78, 5) is 29.3. The minimum absolute atomic E-state index is 0.00687. The zero-order valence-corrected chi connectivity index (χ0v) is 14.8. The number of non-ortho nitro benzene ring substituents is 1. The van der Waals surface area contributed by atoms with Gasteiger partial charge in [0, 0.05) is 24.1 Å². The number of nitro benzene ring substituents is 1. The Hall–Kier alpha value is -3.00. The van der Waals surface area contributed by atoms with Crippen LogP contribution in [0.4, 0.5) is 11.4 Å². The number of fused-ring (bicyclic) bond motifs is 1. The molecule has 3 aromatic rings. The minimum atomic E-state index is -0.445. The number of carbonyl (C=O) groups excluding carboxylic acids is 1. The SMILES string of the molecule is Cc1ccc(-c2nc(CC(=O)N3CCc4ccc([N+](=O)[O-])cc43)cs2)o1. The number of thiazole rings is 1. The number of aryl methyl sites for hydroxylation is 1. The van der Waals surface area contributed by atoms with Crippen molar-refractivity contribution in [1.29, 1.82) is 0 Å². The van der Waals surface area contributed by atoms with Gasteiger partial charge in [0.15, 0.2) is 10.8 Å². The Morgan fingerprint density at radius 2 is 2.23 bits per heavy atom. The fourth-order valence-electron chi connectivity index (χ4n) is 3.04. The van der Waals surface area contributed by atoms with Gasteiger partial charge < -0.3 is 9.32 Å². The number of rotatable bonds is 4. The van der Waals surface area contributed by atoms with E-state index in [0.717, 1.165) is 16.3 Å². The lowest BCUT2D eigenvalue weighted by Gasteiger charge is -2.16. The Kier molecular flexibility index (Phi) is 4.04. The largest absolute Gasteiger partial charge is 0.459 e. The number of benzene rings is 1. The molecule has 0 N–H and O–H groups in total. The second kappa shape index (κ2) is 6.38. The predicted octanol–water partition coefficient (Wildman–Crippen LogP) is 3.75. The van der Waals surface area contributed by atoms with Gasteiger partial charge in [-0.05, 0) is 31.0 Å². The van der Waals surface area contributed by atoms with Crippen molar-refractivity contribution in [2.75, 3.05) is 11.4 Å². The van der Waals surface area contributed by atoms with E-state index in [-0.39, 0.29) is 18.0 Å². The number of amides is 1. The van der Waals surface area contributed by atoms with Crippen LogP contribution in [0.5, 0.6) is 0 Å². The van der Waals surface area contributed by atoms with Crippen molar-refractivity contribution in [3.8, 4) is 10.8 Å². The maximum atomic E-state index is 12.7. The summed E-state index contributed by atoms with van der Waals surface area (Å²) in [5.41, 5.74) is 2.24. The molecule has 1 aliphatic rings. The first-order valence-corrected chi connectivity index (χ1v) is 8.98. The lowest BCUT2D eigenvalue weighted by atomic mass is 10.1. The third-order valence-electron chi connectivity index (χ3n) is 4.31. The van der Waals surface area contributed by atoms with Crippen molar-refractivity contribution >= 4 is 28.6 Å². The van der Waals surface area contributed by atoms with Crippen LogP contribution < -0.4 is 4.90 Å². The summed E-state index contributed by atoms with van der Waals surface area (Å²) in [7, 11) is 0. The van der Waals surface area contributed by atoms with E-state index in [4.69, 9.17) is 4.42 Å². The summed E-state index contributed by atoms with van der Waals surface area (Å²) < 4.78 is 5.56. The molecule has 132 valence electrons. The Bertz CT molecular complexity index is 1010. The standard InChI is InChI=1S/C18H15N3O4S/c1-11-2-5-16(25-11)18-19-13(10-26-18)8-17(22)20-7-6-12-3-4-14(21(23)24)9-15(12)20/h2-5,9-10H,6-8H2,1H3. The molecule has 1 amide bonds. The van der Waals surface area contributed by atoms with Crippen LogP contribution in [0.2, 0.25) is 0 Å². The average molecular weight is 369 g/mol. The van der Waals surface area contributed by atoms with Crippen molar-refractivity contribution < 1.29 is 14.1 Å². The van der Waals surface area contributed by atoms with Gasteiger partial charge in [0.25, 0.3) is 5.69 Å². The molecule has 0 atom stereocenters. The molecule has 0 saturated carbocycles. The molecule has 0 saturated heterocycles. The predicted molar refractivity (Wildman–Crippen MR) is 97.4 cm³/mol. The van der Waals surface area contributed by atoms with E-state index in [1.807, 2.05) is 24.4 Å². The molecule has 1 aromatic carbocycles. The number of hydrogen-bond donors (Lipinski definition) is 0. The second-order valence-corrected chi connectivity index (χ2v) is 6.95. The molecule has 0 radical (unpaired) electrons. The van der Waals surface area contributed by atoms with E-state index in [1.54, 1.807) is 11.0 Å². The smallest absolute Gasteiger partial charge is 0.271 e. The lowest BCUT2D eigenvalue weighted by Crippen LogP contribution is -2.30. The molecular weight excluding hydrogens is 354 g/mol. The van der Waals surface area contributed by atoms with Crippen LogP contribution in [-0.2, 0) is 17.6 Å². The number of nitro groups is 1. The van der Waals surface area contributed by atoms with Gasteiger partial charge in [0.05, 0.1) is 22.7 Å². The molecule has 8 heteroatoms. The van der Waals surface area contributed by atoms with E-state index in [1.165, 1.54) is 23.5 Å². The van der Waals surface area contributed by atoms with Crippen molar-refractivity contribution in [3.63, 3.8) is 0 Å². The van der Waals surface area contributed by atoms with E-state index in [0.29, 0.717) is 30.1 Å². The van der Waals surface area contributed by atoms with Crippen molar-refractivity contribution in [2.24, 2.45) is 0 Å². The van der Waals surface area contributed by atoms with Gasteiger partial charge in [-0.1, -0.05) is 6.07 Å². The molecule has 4 rings (SSSR count). The van der Waals surface area contributed by atoms with Crippen LogP contribution in [0.15, 0.2) is 40.1 Å². The number of furan rings is 1. The van der Waals surface area contributed by atoms with Crippen LogP contribution >= 0.6 is 11.3 Å². The molecule has 0 bridgehead atoms. The second-order valence-electron chi connectivity index (χ2n) is 6.10. The van der Waals surface area contributed by atoms with Crippen LogP contribution in [-0.4, -0.2) is 22.4 Å². The van der Waals surface area contributed by atoms with Crippen LogP contribution in [0.1, 0.15) is 17.0 Å². The van der Waals surface area contributed by atoms with Gasteiger partial charge in [0.1, 0.15) is 5.76 Å². The number of anilines is 1. The molecule has 1 aliphatic heterocycles. The highest BCUT2D eigenvalue weighted by Gasteiger charge is 2.27. The van der Waals surface area contributed by atoms with Crippen LogP contribution in [0, 0.1) is 17.0 Å². The minimum Gasteiger partial charge on any atom is -0.459 e. The van der Waals surface area contributed by atoms with Gasteiger partial charge in [-0.3, -0.25) is 14.9 Å². The third-order valence-corrected chi connectivity index (χ3v) is 5.22. The molecule has 2 aromatic heterocycles. The van der Waals surface area contributed by atoms with Crippen molar-refractivity contribution in [3.05, 3.63) is 62.8 Å². The normalized spacial score (nSPS) is 13.0. The van der Waals surface area contributed by atoms with Gasteiger partial charge in [-0.2, -0.15) is 0 Å². The Morgan fingerprint density at radius 1 is 1.38 bits per heavy atom. The fraction of sp³-hybridized carbons (Fsp3) is 0.222. The fourth-order valence-corrected chi connectivity index (χ4v) is 3.82. The van der Waals surface area contributed by atoms with Gasteiger partial charge in [-0.15, -0.1) is 11.3 Å². The van der Waals surface area contributed by atoms with E-state index < -0.39 is 4.92 Å². The zero-order chi connectivity index (χ0) is 18.3. The number of nitrogens with zero attached hydrogens (tertiary/aromatic N) is 3. The lowest BCUT2D eigenvalue weighted by molar-refractivity contribution is -0.384. The Labute approximate surface area is 153 Å². The Balaban J connectivity index is 1.53. The molecule has 0 fully saturated rings. The third kappa shape index (κ3) is 2.99. The van der Waals surface area contributed by atoms with Crippen molar-refractivity contribution in [2.45, 2.75) is 19.8 Å². The number of hydrogen-bond acceptors (Lipinski definition) is 6. The monoisotopic (exact) mass is 369 g/mol. The van der Waals surface area contributed by atoms with Crippen LogP contribution in [0.25, 0.3) is 10.8 Å². The number of carbonyl (C=O) groups is 1. The molecule has 0 aliphatic carbocycles. The summed E-state index contributed by atoms with van der Waals surface area (Å²) in [6.45, 7) is 2.40. The molecule has 3 heterocycles. The molecular formula is C18H15N3O4S. The highest BCUT2D eigenvalue weighted by molar-refractivity contribution is 7.13. The van der Waals surface area contributed by atoms with E-state index >= 15 is 0 Å². The maximum absolute atomic E-state index is 12.7. The summed E-state index contributed by atoms with van der Waals surface area (Å²) in [6, 6.07) is 8.40. The summed E-state index contributed by atoms with van der Waals surface area (Å²) in [5, 5.41) is 13.6. The first-order valence-electron chi connectivity index (χ1n) is 8.10. The van der Waals surface area contributed by atoms with E-state index in [2.05, 4.69) is 4.98 Å². The zero-order valence-electron chi connectivity index (χ0n) is 14.0. The summed E-state index contributed by atoms with van der Waals surface area (Å²) in [6.07, 6.45) is 0.853.